The summed E-state index contributed by atoms with van der Waals surface area (Å²) in [6.07, 6.45) is -4.09. The average Bonchev–Trinajstić information content (AvgIpc) is 2.01. The Morgan fingerprint density at radius 3 is 2.29 bits per heavy atom. The molecule has 0 unspecified atom stereocenters. The molecular weight excluding hydrogens is 223 g/mol. The third kappa shape index (κ3) is 2.34. The van der Waals surface area contributed by atoms with E-state index in [-0.39, 0.29) is 5.46 Å². The van der Waals surface area contributed by atoms with Gasteiger partial charge in [0.25, 0.3) is 0 Å². The number of alkyl halides is 3. The van der Waals surface area contributed by atoms with E-state index >= 15 is 0 Å². The molecule has 1 heterocycles. The normalized spacial score (nSPS) is 11.6. The van der Waals surface area contributed by atoms with Crippen molar-refractivity contribution in [2.24, 2.45) is 0 Å². The van der Waals surface area contributed by atoms with Crippen molar-refractivity contribution >= 4 is 24.2 Å². The van der Waals surface area contributed by atoms with Crippen LogP contribution in [0.2, 0.25) is 5.15 Å². The second kappa shape index (κ2) is 3.72. The van der Waals surface area contributed by atoms with E-state index in [9.17, 15) is 13.2 Å². The molecule has 0 aromatic carbocycles. The average molecular weight is 226 g/mol. The zero-order chi connectivity index (χ0) is 10.9. The van der Waals surface area contributed by atoms with Crippen LogP contribution in [0.15, 0.2) is 6.20 Å². The molecule has 0 radical (unpaired) electrons. The molecule has 9 heteroatoms. The Hall–Kier alpha value is -0.855. The van der Waals surface area contributed by atoms with Gasteiger partial charge in [-0.1, -0.05) is 11.6 Å². The molecule has 0 fully saturated rings. The van der Waals surface area contributed by atoms with Gasteiger partial charge in [-0.25, -0.2) is 9.97 Å². The van der Waals surface area contributed by atoms with Crippen molar-refractivity contribution < 1.29 is 23.2 Å². The highest BCUT2D eigenvalue weighted by Gasteiger charge is 2.35. The standard InChI is InChI=1S/C5H3BClF3N2O2/c7-3-2(6(13)14)1-11-4(12-3)5(8,9)10/h1,13-14H. The van der Waals surface area contributed by atoms with E-state index in [0.717, 1.165) is 0 Å². The lowest BCUT2D eigenvalue weighted by Crippen LogP contribution is -2.33. The third-order valence-corrected chi connectivity index (χ3v) is 1.60. The largest absolute Gasteiger partial charge is 0.493 e. The highest BCUT2D eigenvalue weighted by Crippen LogP contribution is 2.25. The predicted molar refractivity (Wildman–Crippen MR) is 41.9 cm³/mol. The first-order valence-electron chi connectivity index (χ1n) is 3.28. The Morgan fingerprint density at radius 1 is 1.36 bits per heavy atom. The summed E-state index contributed by atoms with van der Waals surface area (Å²) >= 11 is 5.26. The van der Waals surface area contributed by atoms with E-state index in [4.69, 9.17) is 21.6 Å². The summed E-state index contributed by atoms with van der Waals surface area (Å²) in [5.41, 5.74) is -0.375. The fraction of sp³-hybridized carbons (Fsp3) is 0.200. The van der Waals surface area contributed by atoms with Crippen LogP contribution in [0.1, 0.15) is 5.82 Å². The summed E-state index contributed by atoms with van der Waals surface area (Å²) in [6.45, 7) is 0. The molecular formula is C5H3BClF3N2O2. The number of hydrogen-bond acceptors (Lipinski definition) is 4. The molecule has 0 atom stereocenters. The zero-order valence-corrected chi connectivity index (χ0v) is 7.21. The molecule has 0 saturated heterocycles. The molecule has 14 heavy (non-hydrogen) atoms. The molecule has 2 N–H and O–H groups in total. The van der Waals surface area contributed by atoms with Gasteiger partial charge in [-0.05, 0) is 0 Å². The fourth-order valence-corrected chi connectivity index (χ4v) is 0.907. The number of nitrogens with zero attached hydrogens (tertiary/aromatic N) is 2. The highest BCUT2D eigenvalue weighted by molar-refractivity contribution is 6.62. The van der Waals surface area contributed by atoms with Crippen LogP contribution in [0.5, 0.6) is 0 Å². The van der Waals surface area contributed by atoms with Crippen LogP contribution >= 0.6 is 11.6 Å². The first-order chi connectivity index (χ1) is 6.32. The molecule has 0 aliphatic carbocycles. The maximum absolute atomic E-state index is 12.0. The molecule has 1 aromatic rings. The minimum absolute atomic E-state index is 0.375. The molecule has 0 spiro atoms. The highest BCUT2D eigenvalue weighted by atomic mass is 35.5. The molecule has 0 bridgehead atoms. The lowest BCUT2D eigenvalue weighted by molar-refractivity contribution is -0.144. The SMILES string of the molecule is OB(O)c1cnc(C(F)(F)F)nc1Cl. The van der Waals surface area contributed by atoms with Gasteiger partial charge >= 0.3 is 13.3 Å². The Balaban J connectivity index is 3.13. The Labute approximate surface area is 81.5 Å². The summed E-state index contributed by atoms with van der Waals surface area (Å²) in [5.74, 6) is -1.42. The fourth-order valence-electron chi connectivity index (χ4n) is 0.680. The van der Waals surface area contributed by atoms with E-state index in [2.05, 4.69) is 9.97 Å². The summed E-state index contributed by atoms with van der Waals surface area (Å²) in [7, 11) is -2.00. The van der Waals surface area contributed by atoms with Gasteiger partial charge < -0.3 is 10.0 Å². The molecule has 0 aliphatic rings. The molecule has 0 aliphatic heterocycles. The quantitative estimate of drug-likeness (QED) is 0.515. The van der Waals surface area contributed by atoms with Crippen LogP contribution in [0.25, 0.3) is 0 Å². The van der Waals surface area contributed by atoms with Crippen LogP contribution in [-0.2, 0) is 6.18 Å². The minimum atomic E-state index is -4.71. The van der Waals surface area contributed by atoms with Crippen molar-refractivity contribution in [3.05, 3.63) is 17.2 Å². The van der Waals surface area contributed by atoms with Gasteiger partial charge in [-0.2, -0.15) is 13.2 Å². The van der Waals surface area contributed by atoms with Gasteiger partial charge in [0, 0.05) is 11.7 Å². The van der Waals surface area contributed by atoms with E-state index in [0.29, 0.717) is 6.20 Å². The number of hydrogen-bond donors (Lipinski definition) is 2. The van der Waals surface area contributed by atoms with Crippen molar-refractivity contribution in [2.45, 2.75) is 6.18 Å². The summed E-state index contributed by atoms with van der Waals surface area (Å²) in [6, 6.07) is 0. The monoisotopic (exact) mass is 226 g/mol. The first-order valence-corrected chi connectivity index (χ1v) is 3.66. The number of halogens is 4. The smallest absolute Gasteiger partial charge is 0.423 e. The zero-order valence-electron chi connectivity index (χ0n) is 6.46. The summed E-state index contributed by atoms with van der Waals surface area (Å²) in [5, 5.41) is 16.6. The lowest BCUT2D eigenvalue weighted by atomic mass is 9.83. The second-order valence-electron chi connectivity index (χ2n) is 2.31. The van der Waals surface area contributed by atoms with E-state index in [1.807, 2.05) is 0 Å². The van der Waals surface area contributed by atoms with Crippen LogP contribution < -0.4 is 5.46 Å². The van der Waals surface area contributed by atoms with Crippen LogP contribution in [0, 0.1) is 0 Å². The van der Waals surface area contributed by atoms with Crippen molar-refractivity contribution in [3.8, 4) is 0 Å². The van der Waals surface area contributed by atoms with Gasteiger partial charge in [0.15, 0.2) is 0 Å². The van der Waals surface area contributed by atoms with Crippen molar-refractivity contribution in [1.29, 1.82) is 0 Å². The molecule has 1 aromatic heterocycles. The maximum atomic E-state index is 12.0. The predicted octanol–water partition coefficient (Wildman–Crippen LogP) is -0.171. The van der Waals surface area contributed by atoms with Crippen molar-refractivity contribution in [2.75, 3.05) is 0 Å². The van der Waals surface area contributed by atoms with Gasteiger partial charge in [0.2, 0.25) is 5.82 Å². The number of rotatable bonds is 1. The van der Waals surface area contributed by atoms with Gasteiger partial charge in [-0.15, -0.1) is 0 Å². The molecule has 76 valence electrons. The topological polar surface area (TPSA) is 66.2 Å². The van der Waals surface area contributed by atoms with Crippen LogP contribution in [0.4, 0.5) is 13.2 Å². The summed E-state index contributed by atoms with van der Waals surface area (Å²) in [4.78, 5) is 5.77. The van der Waals surface area contributed by atoms with E-state index < -0.39 is 24.3 Å². The van der Waals surface area contributed by atoms with Crippen LogP contribution in [-0.4, -0.2) is 27.1 Å². The molecule has 1 rings (SSSR count). The number of aromatic nitrogens is 2. The molecule has 0 amide bonds. The lowest BCUT2D eigenvalue weighted by Gasteiger charge is -2.06. The van der Waals surface area contributed by atoms with Crippen molar-refractivity contribution in [3.63, 3.8) is 0 Å². The maximum Gasteiger partial charge on any atom is 0.493 e. The second-order valence-corrected chi connectivity index (χ2v) is 2.67. The van der Waals surface area contributed by atoms with Crippen molar-refractivity contribution in [1.82, 2.24) is 9.97 Å². The first kappa shape index (κ1) is 11.2. The summed E-state index contributed by atoms with van der Waals surface area (Å²) < 4.78 is 36.0. The minimum Gasteiger partial charge on any atom is -0.423 e. The van der Waals surface area contributed by atoms with Gasteiger partial charge in [-0.3, -0.25) is 0 Å². The Bertz CT molecular complexity index is 346. The van der Waals surface area contributed by atoms with Crippen LogP contribution in [0.3, 0.4) is 0 Å². The third-order valence-electron chi connectivity index (χ3n) is 1.30. The molecule has 4 nitrogen and oxygen atoms in total. The van der Waals surface area contributed by atoms with E-state index in [1.165, 1.54) is 0 Å². The van der Waals surface area contributed by atoms with E-state index in [1.54, 1.807) is 0 Å². The Kier molecular flexibility index (Phi) is 2.98. The van der Waals surface area contributed by atoms with Gasteiger partial charge in [0.05, 0.1) is 0 Å². The Morgan fingerprint density at radius 2 is 1.93 bits per heavy atom. The molecule has 0 saturated carbocycles. The van der Waals surface area contributed by atoms with Gasteiger partial charge in [0.1, 0.15) is 5.15 Å².